The summed E-state index contributed by atoms with van der Waals surface area (Å²) in [6, 6.07) is 19.5. The van der Waals surface area contributed by atoms with Gasteiger partial charge in [-0.1, -0.05) is 29.3 Å². The molecule has 0 saturated heterocycles. The molecule has 0 bridgehead atoms. The van der Waals surface area contributed by atoms with Gasteiger partial charge < -0.3 is 16.0 Å². The average molecular weight is 504 g/mol. The summed E-state index contributed by atoms with van der Waals surface area (Å²) in [5, 5.41) is 10.3. The number of nitrogens with one attached hydrogen (secondary N) is 3. The summed E-state index contributed by atoms with van der Waals surface area (Å²) < 4.78 is 0. The Morgan fingerprint density at radius 2 is 1.62 bits per heavy atom. The first kappa shape index (κ1) is 24.1. The maximum absolute atomic E-state index is 12.3. The third-order valence-corrected chi connectivity index (χ3v) is 5.98. The van der Waals surface area contributed by atoms with Crippen LogP contribution in [0.3, 0.4) is 0 Å². The fourth-order valence-corrected chi connectivity index (χ4v) is 4.00. The number of carbonyl (C=O) groups excluding carboxylic acids is 2. The van der Waals surface area contributed by atoms with E-state index >= 15 is 0 Å². The molecule has 1 amide bonds. The Balaban J connectivity index is 1.53. The second-order valence-corrected chi connectivity index (χ2v) is 9.00. The molecule has 0 aliphatic rings. The molecule has 0 radical (unpaired) electrons. The Labute approximate surface area is 205 Å². The van der Waals surface area contributed by atoms with Crippen molar-refractivity contribution in [3.05, 3.63) is 82.3 Å². The number of Topliss-reactive ketones (excluding diaryl/α,β-unsaturated/α-hetero) is 1. The number of rotatable bonds is 7. The van der Waals surface area contributed by atoms with Gasteiger partial charge in [0.15, 0.2) is 10.9 Å². The van der Waals surface area contributed by atoms with Crippen LogP contribution in [0.5, 0.6) is 0 Å². The van der Waals surface area contributed by atoms with Crippen LogP contribution in [-0.2, 0) is 4.79 Å². The number of amides is 1. The minimum absolute atomic E-state index is 0.0101. The minimum Gasteiger partial charge on any atom is -0.332 e. The van der Waals surface area contributed by atoms with E-state index in [1.54, 1.807) is 42.5 Å². The number of anilines is 3. The van der Waals surface area contributed by atoms with Crippen molar-refractivity contribution in [1.82, 2.24) is 0 Å². The number of ketones is 1. The molecule has 32 heavy (non-hydrogen) atoms. The topological polar surface area (TPSA) is 70.2 Å². The standard InChI is InChI=1S/C23H19Cl2N3O2S2/c1-14(29)15-5-8-17(9-6-15)26-23(31)27-18-3-2-4-19(12-18)32-13-22(30)28-21-11-16(24)7-10-20(21)25/h2-12H,13H2,1H3,(H,28,30)(H2,26,27,31). The summed E-state index contributed by atoms with van der Waals surface area (Å²) in [6.45, 7) is 1.52. The van der Waals surface area contributed by atoms with E-state index in [4.69, 9.17) is 35.4 Å². The number of thioether (sulfide) groups is 1. The predicted octanol–water partition coefficient (Wildman–Crippen LogP) is 6.74. The first-order valence-corrected chi connectivity index (χ1v) is 11.6. The lowest BCUT2D eigenvalue weighted by molar-refractivity contribution is -0.113. The first-order chi connectivity index (χ1) is 15.3. The van der Waals surface area contributed by atoms with Crippen molar-refractivity contribution in [2.45, 2.75) is 11.8 Å². The molecule has 3 aromatic carbocycles. The van der Waals surface area contributed by atoms with Crippen molar-refractivity contribution in [2.75, 3.05) is 21.7 Å². The monoisotopic (exact) mass is 503 g/mol. The van der Waals surface area contributed by atoms with Crippen LogP contribution in [0.25, 0.3) is 0 Å². The van der Waals surface area contributed by atoms with E-state index in [-0.39, 0.29) is 17.4 Å². The van der Waals surface area contributed by atoms with E-state index in [1.807, 2.05) is 24.3 Å². The molecule has 3 N–H and O–H groups in total. The Bertz CT molecular complexity index is 1150. The molecule has 9 heteroatoms. The zero-order valence-electron chi connectivity index (χ0n) is 16.9. The first-order valence-electron chi connectivity index (χ1n) is 9.47. The molecular weight excluding hydrogens is 485 g/mol. The number of benzene rings is 3. The van der Waals surface area contributed by atoms with Gasteiger partial charge in [0.1, 0.15) is 0 Å². The highest BCUT2D eigenvalue weighted by atomic mass is 35.5. The molecule has 5 nitrogen and oxygen atoms in total. The van der Waals surface area contributed by atoms with E-state index < -0.39 is 0 Å². The molecule has 0 aromatic heterocycles. The lowest BCUT2D eigenvalue weighted by Crippen LogP contribution is -2.19. The van der Waals surface area contributed by atoms with E-state index in [0.717, 1.165) is 16.3 Å². The van der Waals surface area contributed by atoms with E-state index in [2.05, 4.69) is 16.0 Å². The van der Waals surface area contributed by atoms with Gasteiger partial charge in [-0.15, -0.1) is 11.8 Å². The summed E-state index contributed by atoms with van der Waals surface area (Å²) in [4.78, 5) is 24.5. The normalized spacial score (nSPS) is 10.3. The molecule has 0 spiro atoms. The number of hydrogen-bond donors (Lipinski definition) is 3. The fourth-order valence-electron chi connectivity index (χ4n) is 2.67. The summed E-state index contributed by atoms with van der Waals surface area (Å²) in [5.41, 5.74) is 2.68. The fraction of sp³-hybridized carbons (Fsp3) is 0.0870. The Morgan fingerprint density at radius 1 is 0.906 bits per heavy atom. The van der Waals surface area contributed by atoms with Crippen LogP contribution in [0.2, 0.25) is 10.0 Å². The molecule has 0 aliphatic heterocycles. The third-order valence-electron chi connectivity index (χ3n) is 4.21. The van der Waals surface area contributed by atoms with Gasteiger partial charge in [-0.2, -0.15) is 0 Å². The van der Waals surface area contributed by atoms with Gasteiger partial charge in [-0.05, 0) is 79.8 Å². The van der Waals surface area contributed by atoms with Gasteiger partial charge >= 0.3 is 0 Å². The maximum Gasteiger partial charge on any atom is 0.234 e. The molecule has 3 aromatic rings. The van der Waals surface area contributed by atoms with Crippen LogP contribution < -0.4 is 16.0 Å². The Morgan fingerprint density at radius 3 is 2.34 bits per heavy atom. The second-order valence-electron chi connectivity index (χ2n) is 6.70. The maximum atomic E-state index is 12.3. The van der Waals surface area contributed by atoms with E-state index in [9.17, 15) is 9.59 Å². The molecule has 0 fully saturated rings. The van der Waals surface area contributed by atoms with Crippen molar-refractivity contribution >= 4 is 81.0 Å². The SMILES string of the molecule is CC(=O)c1ccc(NC(=S)Nc2cccc(SCC(=O)Nc3cc(Cl)ccc3Cl)c2)cc1. The van der Waals surface area contributed by atoms with Crippen molar-refractivity contribution in [1.29, 1.82) is 0 Å². The second kappa shape index (κ2) is 11.3. The van der Waals surface area contributed by atoms with Crippen molar-refractivity contribution in [3.8, 4) is 0 Å². The lowest BCUT2D eigenvalue weighted by Gasteiger charge is -2.12. The van der Waals surface area contributed by atoms with Gasteiger partial charge in [0, 0.05) is 26.9 Å². The molecule has 3 rings (SSSR count). The summed E-state index contributed by atoms with van der Waals surface area (Å²) in [6.07, 6.45) is 0. The highest BCUT2D eigenvalue weighted by molar-refractivity contribution is 8.00. The van der Waals surface area contributed by atoms with Crippen molar-refractivity contribution in [3.63, 3.8) is 0 Å². The smallest absolute Gasteiger partial charge is 0.234 e. The number of carbonyl (C=O) groups is 2. The van der Waals surface area contributed by atoms with E-state index in [0.29, 0.717) is 26.4 Å². The Hall–Kier alpha value is -2.58. The van der Waals surface area contributed by atoms with E-state index in [1.165, 1.54) is 18.7 Å². The zero-order chi connectivity index (χ0) is 23.1. The molecule has 0 atom stereocenters. The summed E-state index contributed by atoms with van der Waals surface area (Å²) >= 11 is 18.8. The minimum atomic E-state index is -0.191. The van der Waals surface area contributed by atoms with Crippen molar-refractivity contribution in [2.24, 2.45) is 0 Å². The van der Waals surface area contributed by atoms with Gasteiger partial charge in [0.2, 0.25) is 5.91 Å². The molecule has 0 heterocycles. The van der Waals surface area contributed by atoms with Crippen LogP contribution in [0, 0.1) is 0 Å². The molecule has 164 valence electrons. The molecule has 0 unspecified atom stereocenters. The largest absolute Gasteiger partial charge is 0.332 e. The highest BCUT2D eigenvalue weighted by Gasteiger charge is 2.08. The molecule has 0 aliphatic carbocycles. The zero-order valence-corrected chi connectivity index (χ0v) is 20.1. The lowest BCUT2D eigenvalue weighted by atomic mass is 10.1. The average Bonchev–Trinajstić information content (AvgIpc) is 2.75. The van der Waals surface area contributed by atoms with Gasteiger partial charge in [0.25, 0.3) is 0 Å². The van der Waals surface area contributed by atoms with Crippen LogP contribution in [0.15, 0.2) is 71.6 Å². The van der Waals surface area contributed by atoms with Gasteiger partial charge in [0.05, 0.1) is 16.5 Å². The molecule has 0 saturated carbocycles. The summed E-state index contributed by atoms with van der Waals surface area (Å²) in [7, 11) is 0. The van der Waals surface area contributed by atoms with Gasteiger partial charge in [-0.3, -0.25) is 9.59 Å². The van der Waals surface area contributed by atoms with Crippen LogP contribution in [0.4, 0.5) is 17.1 Å². The third kappa shape index (κ3) is 7.24. The number of hydrogen-bond acceptors (Lipinski definition) is 4. The number of halogens is 2. The van der Waals surface area contributed by atoms with Crippen LogP contribution in [-0.4, -0.2) is 22.6 Å². The number of thiocarbonyl (C=S) groups is 1. The quantitative estimate of drug-likeness (QED) is 0.188. The van der Waals surface area contributed by atoms with Crippen LogP contribution in [0.1, 0.15) is 17.3 Å². The molecular formula is C23H19Cl2N3O2S2. The van der Waals surface area contributed by atoms with Gasteiger partial charge in [-0.25, -0.2) is 0 Å². The predicted molar refractivity (Wildman–Crippen MR) is 139 cm³/mol. The summed E-state index contributed by atoms with van der Waals surface area (Å²) in [5.74, 6) is 0.0250. The van der Waals surface area contributed by atoms with Crippen molar-refractivity contribution < 1.29 is 9.59 Å². The Kier molecular flexibility index (Phi) is 8.53. The highest BCUT2D eigenvalue weighted by Crippen LogP contribution is 2.26. The van der Waals surface area contributed by atoms with Crippen LogP contribution >= 0.6 is 47.2 Å².